The number of hydrogen-bond acceptors (Lipinski definition) is 3. The first-order valence-electron chi connectivity index (χ1n) is 7.92. The number of hydrogen-bond donors (Lipinski definition) is 1. The molecule has 0 spiro atoms. The van der Waals surface area contributed by atoms with Crippen LogP contribution in [0.25, 0.3) is 0 Å². The van der Waals surface area contributed by atoms with Gasteiger partial charge in [0.1, 0.15) is 5.75 Å². The fourth-order valence-electron chi connectivity index (χ4n) is 2.77. The summed E-state index contributed by atoms with van der Waals surface area (Å²) in [5.41, 5.74) is 2.83. The first-order chi connectivity index (χ1) is 9.86. The van der Waals surface area contributed by atoms with Gasteiger partial charge in [0, 0.05) is 25.7 Å². The van der Waals surface area contributed by atoms with E-state index in [0.29, 0.717) is 6.04 Å². The van der Waals surface area contributed by atoms with E-state index in [4.69, 9.17) is 9.47 Å². The number of rotatable bonds is 9. The van der Waals surface area contributed by atoms with Crippen molar-refractivity contribution in [3.63, 3.8) is 0 Å². The summed E-state index contributed by atoms with van der Waals surface area (Å²) in [7, 11) is 0. The Hall–Kier alpha value is -1.06. The minimum Gasteiger partial charge on any atom is -0.493 e. The van der Waals surface area contributed by atoms with Gasteiger partial charge in [0.25, 0.3) is 0 Å². The van der Waals surface area contributed by atoms with Crippen LogP contribution in [0.2, 0.25) is 0 Å². The second kappa shape index (κ2) is 8.28. The SMILES string of the molecule is CCCNC1CCc2c(OCCCOCC)cccc21. The maximum atomic E-state index is 5.94. The molecule has 0 fully saturated rings. The zero-order valence-electron chi connectivity index (χ0n) is 12.8. The molecule has 0 amide bonds. The van der Waals surface area contributed by atoms with Crippen molar-refractivity contribution in [3.05, 3.63) is 29.3 Å². The normalized spacial score (nSPS) is 17.2. The molecule has 0 aliphatic heterocycles. The van der Waals surface area contributed by atoms with E-state index in [1.54, 1.807) is 0 Å². The highest BCUT2D eigenvalue weighted by molar-refractivity contribution is 5.45. The average molecular weight is 277 g/mol. The summed E-state index contributed by atoms with van der Waals surface area (Å²) in [6.45, 7) is 7.62. The third kappa shape index (κ3) is 3.97. The van der Waals surface area contributed by atoms with Gasteiger partial charge in [0.2, 0.25) is 0 Å². The lowest BCUT2D eigenvalue weighted by Gasteiger charge is -2.15. The summed E-state index contributed by atoms with van der Waals surface area (Å²) in [6, 6.07) is 6.96. The first kappa shape index (κ1) is 15.3. The van der Waals surface area contributed by atoms with Crippen LogP contribution < -0.4 is 10.1 Å². The Balaban J connectivity index is 1.90. The van der Waals surface area contributed by atoms with Crippen LogP contribution in [0.15, 0.2) is 18.2 Å². The summed E-state index contributed by atoms with van der Waals surface area (Å²) in [5.74, 6) is 1.07. The highest BCUT2D eigenvalue weighted by atomic mass is 16.5. The molecule has 0 saturated heterocycles. The molecular formula is C17H27NO2. The van der Waals surface area contributed by atoms with Crippen LogP contribution in [0.1, 0.15) is 50.3 Å². The zero-order chi connectivity index (χ0) is 14.2. The molecule has 112 valence electrons. The van der Waals surface area contributed by atoms with Gasteiger partial charge in [-0.2, -0.15) is 0 Å². The summed E-state index contributed by atoms with van der Waals surface area (Å²) < 4.78 is 11.3. The molecule has 1 aromatic carbocycles. The Bertz CT molecular complexity index is 406. The summed E-state index contributed by atoms with van der Waals surface area (Å²) in [6.07, 6.45) is 4.45. The summed E-state index contributed by atoms with van der Waals surface area (Å²) >= 11 is 0. The molecule has 0 aromatic heterocycles. The van der Waals surface area contributed by atoms with Crippen molar-refractivity contribution in [3.8, 4) is 5.75 Å². The number of benzene rings is 1. The van der Waals surface area contributed by atoms with E-state index in [-0.39, 0.29) is 0 Å². The average Bonchev–Trinajstić information content (AvgIpc) is 2.89. The lowest BCUT2D eigenvalue weighted by molar-refractivity contribution is 0.130. The summed E-state index contributed by atoms with van der Waals surface area (Å²) in [5, 5.41) is 3.62. The quantitative estimate of drug-likeness (QED) is 0.701. The van der Waals surface area contributed by atoms with Crippen molar-refractivity contribution in [2.24, 2.45) is 0 Å². The first-order valence-corrected chi connectivity index (χ1v) is 7.92. The van der Waals surface area contributed by atoms with Crippen LogP contribution in [0.4, 0.5) is 0 Å². The molecule has 0 radical (unpaired) electrons. The van der Waals surface area contributed by atoms with Gasteiger partial charge < -0.3 is 14.8 Å². The number of ether oxygens (including phenoxy) is 2. The third-order valence-electron chi connectivity index (χ3n) is 3.76. The molecule has 1 aliphatic rings. The molecular weight excluding hydrogens is 250 g/mol. The maximum Gasteiger partial charge on any atom is 0.122 e. The van der Waals surface area contributed by atoms with E-state index in [9.17, 15) is 0 Å². The Morgan fingerprint density at radius 1 is 1.25 bits per heavy atom. The van der Waals surface area contributed by atoms with Gasteiger partial charge in [-0.1, -0.05) is 19.1 Å². The predicted octanol–water partition coefficient (Wildman–Crippen LogP) is 3.48. The minimum atomic E-state index is 0.511. The smallest absolute Gasteiger partial charge is 0.122 e. The summed E-state index contributed by atoms with van der Waals surface area (Å²) in [4.78, 5) is 0. The molecule has 20 heavy (non-hydrogen) atoms. The Morgan fingerprint density at radius 3 is 2.95 bits per heavy atom. The van der Waals surface area contributed by atoms with Gasteiger partial charge >= 0.3 is 0 Å². The molecule has 1 atom stereocenters. The van der Waals surface area contributed by atoms with E-state index in [1.165, 1.54) is 24.0 Å². The maximum absolute atomic E-state index is 5.94. The molecule has 0 heterocycles. The Labute approximate surface area is 122 Å². The van der Waals surface area contributed by atoms with Gasteiger partial charge in [0.15, 0.2) is 0 Å². The van der Waals surface area contributed by atoms with Gasteiger partial charge in [-0.25, -0.2) is 0 Å². The van der Waals surface area contributed by atoms with Crippen LogP contribution in [0.5, 0.6) is 5.75 Å². The van der Waals surface area contributed by atoms with Crippen molar-refractivity contribution in [1.29, 1.82) is 0 Å². The van der Waals surface area contributed by atoms with Crippen LogP contribution in [-0.2, 0) is 11.2 Å². The minimum absolute atomic E-state index is 0.511. The molecule has 0 bridgehead atoms. The van der Waals surface area contributed by atoms with Crippen LogP contribution in [-0.4, -0.2) is 26.4 Å². The fraction of sp³-hybridized carbons (Fsp3) is 0.647. The van der Waals surface area contributed by atoms with Gasteiger partial charge in [-0.15, -0.1) is 0 Å². The van der Waals surface area contributed by atoms with Crippen molar-refractivity contribution in [2.45, 2.75) is 45.6 Å². The second-order valence-corrected chi connectivity index (χ2v) is 5.27. The number of nitrogens with one attached hydrogen (secondary N) is 1. The van der Waals surface area contributed by atoms with Crippen LogP contribution in [0, 0.1) is 0 Å². The molecule has 1 aliphatic carbocycles. The van der Waals surface area contributed by atoms with E-state index in [2.05, 4.69) is 30.4 Å². The van der Waals surface area contributed by atoms with Gasteiger partial charge in [0.05, 0.1) is 6.61 Å². The third-order valence-corrected chi connectivity index (χ3v) is 3.76. The Kier molecular flexibility index (Phi) is 6.34. The van der Waals surface area contributed by atoms with E-state index in [0.717, 1.165) is 45.0 Å². The topological polar surface area (TPSA) is 30.5 Å². The lowest BCUT2D eigenvalue weighted by Crippen LogP contribution is -2.19. The molecule has 0 saturated carbocycles. The van der Waals surface area contributed by atoms with Crippen molar-refractivity contribution in [1.82, 2.24) is 5.32 Å². The molecule has 3 nitrogen and oxygen atoms in total. The highest BCUT2D eigenvalue weighted by Gasteiger charge is 2.24. The van der Waals surface area contributed by atoms with Crippen molar-refractivity contribution >= 4 is 0 Å². The number of fused-ring (bicyclic) bond motifs is 1. The standard InChI is InChI=1S/C17H27NO2/c1-3-11-18-16-10-9-15-14(16)7-5-8-17(15)20-13-6-12-19-4-2/h5,7-8,16,18H,3-4,6,9-13H2,1-2H3. The molecule has 1 aromatic rings. The lowest BCUT2D eigenvalue weighted by atomic mass is 10.1. The fourth-order valence-corrected chi connectivity index (χ4v) is 2.77. The van der Waals surface area contributed by atoms with E-state index < -0.39 is 0 Å². The monoisotopic (exact) mass is 277 g/mol. The molecule has 3 heteroatoms. The highest BCUT2D eigenvalue weighted by Crippen LogP contribution is 2.36. The van der Waals surface area contributed by atoms with Crippen molar-refractivity contribution in [2.75, 3.05) is 26.4 Å². The van der Waals surface area contributed by atoms with Crippen LogP contribution in [0.3, 0.4) is 0 Å². The predicted molar refractivity (Wildman–Crippen MR) is 82.4 cm³/mol. The second-order valence-electron chi connectivity index (χ2n) is 5.27. The van der Waals surface area contributed by atoms with Crippen LogP contribution >= 0.6 is 0 Å². The van der Waals surface area contributed by atoms with Gasteiger partial charge in [-0.3, -0.25) is 0 Å². The molecule has 2 rings (SSSR count). The zero-order valence-corrected chi connectivity index (χ0v) is 12.8. The molecule has 1 N–H and O–H groups in total. The largest absolute Gasteiger partial charge is 0.493 e. The van der Waals surface area contributed by atoms with E-state index >= 15 is 0 Å². The van der Waals surface area contributed by atoms with Crippen molar-refractivity contribution < 1.29 is 9.47 Å². The Morgan fingerprint density at radius 2 is 2.15 bits per heavy atom. The van der Waals surface area contributed by atoms with Gasteiger partial charge in [-0.05, 0) is 49.9 Å². The van der Waals surface area contributed by atoms with E-state index in [1.807, 2.05) is 6.92 Å². The molecule has 1 unspecified atom stereocenters.